The molecule has 0 aliphatic carbocycles. The van der Waals surface area contributed by atoms with Gasteiger partial charge in [0.05, 0.1) is 12.1 Å². The minimum Gasteiger partial charge on any atom is -0.480 e. The highest BCUT2D eigenvalue weighted by Gasteiger charge is 2.30. The number of aliphatic hydroxyl groups excluding tert-OH is 1. The molecule has 4 atom stereocenters. The summed E-state index contributed by atoms with van der Waals surface area (Å²) in [5.41, 5.74) is 5.48. The molecule has 3 amide bonds. The molecule has 0 heterocycles. The summed E-state index contributed by atoms with van der Waals surface area (Å²) in [6, 6.07) is -3.10. The number of amides is 3. The predicted molar refractivity (Wildman–Crippen MR) is 89.3 cm³/mol. The molecule has 0 aromatic rings. The van der Waals surface area contributed by atoms with E-state index in [0.29, 0.717) is 6.42 Å². The smallest absolute Gasteiger partial charge is 0.322 e. The Morgan fingerprint density at radius 2 is 1.52 bits per heavy atom. The number of hydrogen-bond acceptors (Lipinski definition) is 6. The first-order valence-corrected chi connectivity index (χ1v) is 7.99. The van der Waals surface area contributed by atoms with E-state index in [1.807, 2.05) is 13.8 Å². The van der Waals surface area contributed by atoms with Gasteiger partial charge in [-0.3, -0.25) is 19.2 Å². The number of aliphatic hydroxyl groups is 1. The Morgan fingerprint density at radius 1 is 0.960 bits per heavy atom. The van der Waals surface area contributed by atoms with Crippen molar-refractivity contribution < 1.29 is 29.4 Å². The molecule has 0 radical (unpaired) electrons. The van der Waals surface area contributed by atoms with Crippen LogP contribution < -0.4 is 21.7 Å². The number of carbonyl (C=O) groups excluding carboxylic acids is 3. The van der Waals surface area contributed by atoms with Crippen LogP contribution in [0.5, 0.6) is 0 Å². The molecule has 0 saturated heterocycles. The summed E-state index contributed by atoms with van der Waals surface area (Å²) in [4.78, 5) is 46.6. The minimum absolute atomic E-state index is 0.0648. The van der Waals surface area contributed by atoms with E-state index in [-0.39, 0.29) is 5.92 Å². The maximum atomic E-state index is 12.4. The number of rotatable bonds is 10. The van der Waals surface area contributed by atoms with Gasteiger partial charge in [-0.25, -0.2) is 0 Å². The molecule has 0 fully saturated rings. The van der Waals surface area contributed by atoms with Crippen LogP contribution in [0.1, 0.15) is 34.1 Å². The second-order valence-electron chi connectivity index (χ2n) is 6.32. The average Bonchev–Trinajstić information content (AvgIpc) is 2.48. The molecule has 25 heavy (non-hydrogen) atoms. The van der Waals surface area contributed by atoms with Crippen LogP contribution in [-0.4, -0.2) is 64.7 Å². The second kappa shape index (κ2) is 10.6. The summed E-state index contributed by atoms with van der Waals surface area (Å²) in [6.45, 7) is 5.81. The standard InChI is InChI=1S/C15H28N4O6/c1-7(2)5-10(18-13(23)8(3)16)14(24)19-12(9(4)20)15(25)17-6-11(21)22/h7-10,12,20H,5-6,16H2,1-4H3,(H,17,25)(H,18,23)(H,19,24)(H,21,22). The van der Waals surface area contributed by atoms with E-state index >= 15 is 0 Å². The first-order chi connectivity index (χ1) is 11.5. The van der Waals surface area contributed by atoms with Crippen molar-refractivity contribution in [2.24, 2.45) is 11.7 Å². The first-order valence-electron chi connectivity index (χ1n) is 7.99. The van der Waals surface area contributed by atoms with E-state index in [0.717, 1.165) is 0 Å². The van der Waals surface area contributed by atoms with Crippen molar-refractivity contribution in [3.8, 4) is 0 Å². The fourth-order valence-electron chi connectivity index (χ4n) is 1.94. The topological polar surface area (TPSA) is 171 Å². The van der Waals surface area contributed by atoms with Gasteiger partial charge in [0.2, 0.25) is 17.7 Å². The van der Waals surface area contributed by atoms with Crippen LogP contribution in [0.3, 0.4) is 0 Å². The van der Waals surface area contributed by atoms with Gasteiger partial charge in [0.1, 0.15) is 18.6 Å². The third-order valence-electron chi connectivity index (χ3n) is 3.23. The van der Waals surface area contributed by atoms with Crippen molar-refractivity contribution in [1.82, 2.24) is 16.0 Å². The lowest BCUT2D eigenvalue weighted by molar-refractivity contribution is -0.139. The van der Waals surface area contributed by atoms with Crippen molar-refractivity contribution in [2.45, 2.75) is 58.3 Å². The summed E-state index contributed by atoms with van der Waals surface area (Å²) >= 11 is 0. The molecule has 144 valence electrons. The maximum Gasteiger partial charge on any atom is 0.322 e. The van der Waals surface area contributed by atoms with E-state index < -0.39 is 54.5 Å². The summed E-state index contributed by atoms with van der Waals surface area (Å²) < 4.78 is 0. The third-order valence-corrected chi connectivity index (χ3v) is 3.23. The van der Waals surface area contributed by atoms with Gasteiger partial charge in [0.25, 0.3) is 0 Å². The summed E-state index contributed by atoms with van der Waals surface area (Å²) in [7, 11) is 0. The van der Waals surface area contributed by atoms with Gasteiger partial charge < -0.3 is 31.9 Å². The zero-order chi connectivity index (χ0) is 19.7. The molecule has 0 bridgehead atoms. The number of carbonyl (C=O) groups is 4. The van der Waals surface area contributed by atoms with Gasteiger partial charge in [0.15, 0.2) is 0 Å². The zero-order valence-electron chi connectivity index (χ0n) is 14.9. The molecule has 0 aliphatic rings. The number of nitrogens with two attached hydrogens (primary N) is 1. The van der Waals surface area contributed by atoms with Gasteiger partial charge in [0, 0.05) is 0 Å². The average molecular weight is 360 g/mol. The van der Waals surface area contributed by atoms with Crippen LogP contribution in [0.15, 0.2) is 0 Å². The Hall–Kier alpha value is -2.20. The van der Waals surface area contributed by atoms with Gasteiger partial charge >= 0.3 is 5.97 Å². The molecule has 10 heteroatoms. The Balaban J connectivity index is 5.08. The molecule has 0 spiro atoms. The lowest BCUT2D eigenvalue weighted by atomic mass is 10.0. The Bertz CT molecular complexity index is 492. The molecular weight excluding hydrogens is 332 g/mol. The van der Waals surface area contributed by atoms with Crippen LogP contribution in [-0.2, 0) is 19.2 Å². The fraction of sp³-hybridized carbons (Fsp3) is 0.733. The molecular formula is C15H28N4O6. The first kappa shape index (κ1) is 22.8. The number of carboxylic acids is 1. The summed E-state index contributed by atoms with van der Waals surface area (Å²) in [6.07, 6.45) is -0.963. The lowest BCUT2D eigenvalue weighted by Gasteiger charge is -2.25. The number of carboxylic acid groups (broad SMARTS) is 1. The fourth-order valence-corrected chi connectivity index (χ4v) is 1.94. The predicted octanol–water partition coefficient (Wildman–Crippen LogP) is -2.07. The highest BCUT2D eigenvalue weighted by Crippen LogP contribution is 2.06. The molecule has 0 rings (SSSR count). The number of hydrogen-bond donors (Lipinski definition) is 6. The van der Waals surface area contributed by atoms with E-state index in [9.17, 15) is 24.3 Å². The zero-order valence-corrected chi connectivity index (χ0v) is 14.9. The SMILES string of the molecule is CC(C)CC(NC(=O)C(C)N)C(=O)NC(C(=O)NCC(=O)O)C(C)O. The van der Waals surface area contributed by atoms with E-state index in [2.05, 4.69) is 16.0 Å². The van der Waals surface area contributed by atoms with Crippen LogP contribution in [0.2, 0.25) is 0 Å². The largest absolute Gasteiger partial charge is 0.480 e. The van der Waals surface area contributed by atoms with E-state index in [1.54, 1.807) is 0 Å². The van der Waals surface area contributed by atoms with Crippen molar-refractivity contribution in [1.29, 1.82) is 0 Å². The molecule has 7 N–H and O–H groups in total. The summed E-state index contributed by atoms with van der Waals surface area (Å²) in [5, 5.41) is 25.2. The molecule has 0 aliphatic heterocycles. The Kier molecular flexibility index (Phi) is 9.69. The molecule has 0 aromatic carbocycles. The minimum atomic E-state index is -1.35. The molecule has 0 saturated carbocycles. The number of aliphatic carboxylic acids is 1. The van der Waals surface area contributed by atoms with Crippen LogP contribution in [0, 0.1) is 5.92 Å². The van der Waals surface area contributed by atoms with Gasteiger partial charge in [-0.1, -0.05) is 13.8 Å². The van der Waals surface area contributed by atoms with Gasteiger partial charge in [-0.2, -0.15) is 0 Å². The van der Waals surface area contributed by atoms with E-state index in [1.165, 1.54) is 13.8 Å². The van der Waals surface area contributed by atoms with E-state index in [4.69, 9.17) is 10.8 Å². The summed E-state index contributed by atoms with van der Waals surface area (Å²) in [5.74, 6) is -3.22. The van der Waals surface area contributed by atoms with Crippen LogP contribution >= 0.6 is 0 Å². The monoisotopic (exact) mass is 360 g/mol. The van der Waals surface area contributed by atoms with Crippen LogP contribution in [0.4, 0.5) is 0 Å². The van der Waals surface area contributed by atoms with Gasteiger partial charge in [-0.05, 0) is 26.2 Å². The maximum absolute atomic E-state index is 12.4. The third kappa shape index (κ3) is 9.01. The van der Waals surface area contributed by atoms with Crippen molar-refractivity contribution >= 4 is 23.7 Å². The van der Waals surface area contributed by atoms with Crippen molar-refractivity contribution in [3.63, 3.8) is 0 Å². The highest BCUT2D eigenvalue weighted by molar-refractivity contribution is 5.93. The van der Waals surface area contributed by atoms with Crippen molar-refractivity contribution in [3.05, 3.63) is 0 Å². The molecule has 10 nitrogen and oxygen atoms in total. The van der Waals surface area contributed by atoms with Crippen LogP contribution in [0.25, 0.3) is 0 Å². The molecule has 4 unspecified atom stereocenters. The highest BCUT2D eigenvalue weighted by atomic mass is 16.4. The quantitative estimate of drug-likeness (QED) is 0.260. The number of nitrogens with one attached hydrogen (secondary N) is 3. The van der Waals surface area contributed by atoms with Gasteiger partial charge in [-0.15, -0.1) is 0 Å². The Morgan fingerprint density at radius 3 is 1.92 bits per heavy atom. The van der Waals surface area contributed by atoms with Crippen molar-refractivity contribution in [2.75, 3.05) is 6.54 Å². The molecule has 0 aromatic heterocycles. The normalized spacial score (nSPS) is 15.6. The second-order valence-corrected chi connectivity index (χ2v) is 6.32. The Labute approximate surface area is 146 Å². The lowest BCUT2D eigenvalue weighted by Crippen LogP contribution is -2.58.